The molecule has 2 aromatic rings. The van der Waals surface area contributed by atoms with E-state index in [0.717, 1.165) is 0 Å². The first-order chi connectivity index (χ1) is 9.11. The summed E-state index contributed by atoms with van der Waals surface area (Å²) >= 11 is 0. The Labute approximate surface area is 110 Å². The second-order valence-corrected chi connectivity index (χ2v) is 4.13. The largest absolute Gasteiger partial charge is 0.504 e. The third-order valence-corrected chi connectivity index (χ3v) is 2.79. The molecule has 0 unspecified atom stereocenters. The predicted molar refractivity (Wildman–Crippen MR) is 70.8 cm³/mol. The average molecular weight is 258 g/mol. The molecule has 0 spiro atoms. The summed E-state index contributed by atoms with van der Waals surface area (Å²) in [6, 6.07) is 11.8. The molecule has 0 aliphatic rings. The van der Waals surface area contributed by atoms with Gasteiger partial charge in [0.25, 0.3) is 0 Å². The zero-order valence-electron chi connectivity index (χ0n) is 10.5. The van der Waals surface area contributed by atoms with Crippen LogP contribution in [0.3, 0.4) is 0 Å². The summed E-state index contributed by atoms with van der Waals surface area (Å²) in [7, 11) is 1.39. The van der Waals surface area contributed by atoms with E-state index in [1.165, 1.54) is 19.2 Å². The van der Waals surface area contributed by atoms with Crippen LogP contribution in [-0.4, -0.2) is 23.1 Å². The van der Waals surface area contributed by atoms with Crippen molar-refractivity contribution in [3.63, 3.8) is 0 Å². The van der Waals surface area contributed by atoms with Crippen molar-refractivity contribution in [3.05, 3.63) is 53.6 Å². The second kappa shape index (κ2) is 5.44. The third-order valence-electron chi connectivity index (χ3n) is 2.79. The van der Waals surface area contributed by atoms with Gasteiger partial charge in [0.2, 0.25) is 5.75 Å². The van der Waals surface area contributed by atoms with E-state index in [1.807, 2.05) is 6.07 Å². The minimum atomic E-state index is -0.321. The van der Waals surface area contributed by atoms with Gasteiger partial charge in [-0.15, -0.1) is 0 Å². The maximum Gasteiger partial charge on any atom is 0.200 e. The number of carbonyl (C=O) groups is 1. The van der Waals surface area contributed by atoms with Crippen LogP contribution in [-0.2, 0) is 6.42 Å². The molecule has 0 saturated heterocycles. The van der Waals surface area contributed by atoms with Gasteiger partial charge in [0, 0.05) is 12.0 Å². The fourth-order valence-corrected chi connectivity index (χ4v) is 1.82. The molecule has 2 N–H and O–H groups in total. The average Bonchev–Trinajstić information content (AvgIpc) is 2.43. The lowest BCUT2D eigenvalue weighted by molar-refractivity contribution is 0.0993. The van der Waals surface area contributed by atoms with E-state index in [1.54, 1.807) is 24.3 Å². The molecule has 4 heteroatoms. The van der Waals surface area contributed by atoms with E-state index in [-0.39, 0.29) is 29.5 Å². The Hall–Kier alpha value is -2.49. The zero-order chi connectivity index (χ0) is 13.8. The Morgan fingerprint density at radius 3 is 2.47 bits per heavy atom. The van der Waals surface area contributed by atoms with Crippen molar-refractivity contribution in [2.45, 2.75) is 6.42 Å². The Morgan fingerprint density at radius 2 is 1.84 bits per heavy atom. The highest BCUT2D eigenvalue weighted by molar-refractivity contribution is 5.97. The van der Waals surface area contributed by atoms with Gasteiger partial charge in [0.15, 0.2) is 17.3 Å². The maximum atomic E-state index is 12.0. The van der Waals surface area contributed by atoms with Gasteiger partial charge in [-0.1, -0.05) is 30.3 Å². The van der Waals surface area contributed by atoms with Crippen LogP contribution in [0.5, 0.6) is 17.2 Å². The second-order valence-electron chi connectivity index (χ2n) is 4.13. The van der Waals surface area contributed by atoms with Crippen LogP contribution < -0.4 is 4.74 Å². The van der Waals surface area contributed by atoms with Gasteiger partial charge in [-0.25, -0.2) is 0 Å². The van der Waals surface area contributed by atoms with Crippen molar-refractivity contribution >= 4 is 5.78 Å². The molecule has 0 radical (unpaired) electrons. The number of ketones is 1. The van der Waals surface area contributed by atoms with E-state index >= 15 is 0 Å². The molecule has 0 bridgehead atoms. The van der Waals surface area contributed by atoms with Crippen LogP contribution in [0.1, 0.15) is 15.9 Å². The van der Waals surface area contributed by atoms with Gasteiger partial charge in [-0.3, -0.25) is 4.79 Å². The van der Waals surface area contributed by atoms with Crippen LogP contribution in [0.25, 0.3) is 0 Å². The lowest BCUT2D eigenvalue weighted by Gasteiger charge is -2.08. The highest BCUT2D eigenvalue weighted by Crippen LogP contribution is 2.36. The third kappa shape index (κ3) is 2.85. The molecule has 0 heterocycles. The quantitative estimate of drug-likeness (QED) is 0.653. The first kappa shape index (κ1) is 13.0. The topological polar surface area (TPSA) is 66.8 Å². The molecule has 19 heavy (non-hydrogen) atoms. The summed E-state index contributed by atoms with van der Waals surface area (Å²) in [4.78, 5) is 12.0. The van der Waals surface area contributed by atoms with E-state index in [9.17, 15) is 15.0 Å². The molecular weight excluding hydrogens is 244 g/mol. The monoisotopic (exact) mass is 258 g/mol. The molecule has 0 fully saturated rings. The SMILES string of the molecule is COc1cc(CC(=O)c2ccccc2)cc(O)c1O. The molecule has 0 aromatic heterocycles. The number of phenols is 2. The summed E-state index contributed by atoms with van der Waals surface area (Å²) in [5.41, 5.74) is 1.19. The molecule has 0 aliphatic carbocycles. The van der Waals surface area contributed by atoms with E-state index in [2.05, 4.69) is 0 Å². The lowest BCUT2D eigenvalue weighted by Crippen LogP contribution is -2.03. The van der Waals surface area contributed by atoms with Crippen molar-refractivity contribution in [2.24, 2.45) is 0 Å². The molecule has 2 rings (SSSR count). The number of ether oxygens (including phenoxy) is 1. The van der Waals surface area contributed by atoms with Gasteiger partial charge in [-0.2, -0.15) is 0 Å². The Balaban J connectivity index is 2.25. The van der Waals surface area contributed by atoms with Gasteiger partial charge in [0.1, 0.15) is 0 Å². The van der Waals surface area contributed by atoms with Crippen LogP contribution in [0.4, 0.5) is 0 Å². The molecule has 0 aliphatic heterocycles. The standard InChI is InChI=1S/C15H14O4/c1-19-14-9-10(8-13(17)15(14)18)7-12(16)11-5-3-2-4-6-11/h2-6,8-9,17-18H,7H2,1H3. The van der Waals surface area contributed by atoms with Crippen LogP contribution in [0.15, 0.2) is 42.5 Å². The van der Waals surface area contributed by atoms with Crippen molar-refractivity contribution in [3.8, 4) is 17.2 Å². The summed E-state index contributed by atoms with van der Waals surface area (Å²) in [5.74, 6) is -0.530. The number of hydrogen-bond acceptors (Lipinski definition) is 4. The molecular formula is C15H14O4. The fourth-order valence-electron chi connectivity index (χ4n) is 1.82. The normalized spacial score (nSPS) is 10.2. The van der Waals surface area contributed by atoms with Crippen LogP contribution in [0.2, 0.25) is 0 Å². The molecule has 4 nitrogen and oxygen atoms in total. The summed E-state index contributed by atoms with van der Waals surface area (Å²) < 4.78 is 4.93. The Morgan fingerprint density at radius 1 is 1.16 bits per heavy atom. The van der Waals surface area contributed by atoms with Crippen molar-refractivity contribution < 1.29 is 19.7 Å². The zero-order valence-corrected chi connectivity index (χ0v) is 10.5. The first-order valence-electron chi connectivity index (χ1n) is 5.79. The Kier molecular flexibility index (Phi) is 3.71. The summed E-state index contributed by atoms with van der Waals surface area (Å²) in [6.45, 7) is 0. The van der Waals surface area contributed by atoms with Crippen LogP contribution >= 0.6 is 0 Å². The number of Topliss-reactive ketones (excluding diaryl/α,β-unsaturated/α-hetero) is 1. The maximum absolute atomic E-state index is 12.0. The summed E-state index contributed by atoms with van der Waals surface area (Å²) in [6.07, 6.45) is 0.133. The van der Waals surface area contributed by atoms with Gasteiger partial charge >= 0.3 is 0 Å². The van der Waals surface area contributed by atoms with E-state index in [0.29, 0.717) is 11.1 Å². The minimum Gasteiger partial charge on any atom is -0.504 e. The minimum absolute atomic E-state index is 0.0623. The number of methoxy groups -OCH3 is 1. The van der Waals surface area contributed by atoms with Gasteiger partial charge in [-0.05, 0) is 17.7 Å². The molecule has 0 saturated carbocycles. The van der Waals surface area contributed by atoms with Crippen molar-refractivity contribution in [1.82, 2.24) is 0 Å². The number of phenolic OH excluding ortho intramolecular Hbond substituents is 2. The van der Waals surface area contributed by atoms with Gasteiger partial charge in [0.05, 0.1) is 7.11 Å². The first-order valence-corrected chi connectivity index (χ1v) is 5.79. The highest BCUT2D eigenvalue weighted by Gasteiger charge is 2.13. The fraction of sp³-hybridized carbons (Fsp3) is 0.133. The summed E-state index contributed by atoms with van der Waals surface area (Å²) in [5, 5.41) is 19.1. The molecule has 0 atom stereocenters. The van der Waals surface area contributed by atoms with E-state index < -0.39 is 0 Å². The predicted octanol–water partition coefficient (Wildman–Crippen LogP) is 2.53. The number of carbonyl (C=O) groups excluding carboxylic acids is 1. The number of aromatic hydroxyl groups is 2. The lowest BCUT2D eigenvalue weighted by atomic mass is 10.0. The van der Waals surface area contributed by atoms with Crippen LogP contribution in [0, 0.1) is 0 Å². The Bertz CT molecular complexity index is 591. The molecule has 2 aromatic carbocycles. The highest BCUT2D eigenvalue weighted by atomic mass is 16.5. The smallest absolute Gasteiger partial charge is 0.200 e. The number of benzene rings is 2. The van der Waals surface area contributed by atoms with Crippen molar-refractivity contribution in [1.29, 1.82) is 0 Å². The van der Waals surface area contributed by atoms with Crippen molar-refractivity contribution in [2.75, 3.05) is 7.11 Å². The number of rotatable bonds is 4. The molecule has 98 valence electrons. The number of hydrogen-bond donors (Lipinski definition) is 2. The molecule has 0 amide bonds. The van der Waals surface area contributed by atoms with E-state index in [4.69, 9.17) is 4.74 Å². The van der Waals surface area contributed by atoms with Gasteiger partial charge < -0.3 is 14.9 Å².